The number of hydrogen-bond acceptors (Lipinski definition) is 5. The highest BCUT2D eigenvalue weighted by molar-refractivity contribution is 5.78. The molecule has 0 amide bonds. The van der Waals surface area contributed by atoms with E-state index in [0.29, 0.717) is 12.0 Å². The molecule has 1 saturated carbocycles. The highest BCUT2D eigenvalue weighted by Crippen LogP contribution is 2.40. The van der Waals surface area contributed by atoms with Gasteiger partial charge in [-0.3, -0.25) is 0 Å². The molecule has 6 nitrogen and oxygen atoms in total. The van der Waals surface area contributed by atoms with E-state index in [2.05, 4.69) is 20.9 Å². The predicted octanol–water partition coefficient (Wildman–Crippen LogP) is 5.90. The molecule has 166 valence electrons. The summed E-state index contributed by atoms with van der Waals surface area (Å²) in [5.74, 6) is 2.20. The first-order valence-corrected chi connectivity index (χ1v) is 11.4. The number of halogens is 1. The Morgan fingerprint density at radius 3 is 2.70 bits per heavy atom. The molecule has 1 N–H and O–H groups in total. The van der Waals surface area contributed by atoms with Crippen LogP contribution in [0.3, 0.4) is 0 Å². The van der Waals surface area contributed by atoms with E-state index >= 15 is 0 Å². The van der Waals surface area contributed by atoms with Crippen LogP contribution in [0.5, 0.6) is 0 Å². The molecule has 1 aliphatic heterocycles. The third kappa shape index (κ3) is 3.84. The Morgan fingerprint density at radius 2 is 1.94 bits per heavy atom. The first kappa shape index (κ1) is 19.9. The summed E-state index contributed by atoms with van der Waals surface area (Å²) < 4.78 is 21.4. The first-order valence-electron chi connectivity index (χ1n) is 11.4. The number of hydrogen-bond donors (Lipinski definition) is 1. The zero-order valence-corrected chi connectivity index (χ0v) is 18.1. The lowest BCUT2D eigenvalue weighted by atomic mass is 9.93. The molecule has 1 unspecified atom stereocenters. The highest BCUT2D eigenvalue weighted by Gasteiger charge is 2.30. The number of nitrogens with zero attached hydrogens (tertiary/aromatic N) is 4. The molecule has 3 aromatic heterocycles. The maximum absolute atomic E-state index is 13.6. The predicted molar refractivity (Wildman–Crippen MR) is 125 cm³/mol. The Kier molecular flexibility index (Phi) is 5.02. The fourth-order valence-electron chi connectivity index (χ4n) is 4.54. The summed E-state index contributed by atoms with van der Waals surface area (Å²) in [6, 6.07) is 12.8. The number of benzene rings is 1. The largest absolute Gasteiger partial charge is 0.465 e. The van der Waals surface area contributed by atoms with Crippen molar-refractivity contribution in [2.75, 3.05) is 5.32 Å². The van der Waals surface area contributed by atoms with E-state index in [4.69, 9.17) is 14.4 Å². The standard InChI is InChI=1S/C26H24FN5O/c27-18-8-6-17(7-9-18)24-25(22-14-15-28-26(30-22)29-19-3-1-4-19)32-20(11-13-23(32)31-24)10-12-21-5-2-16-33-21/h2,5-10,12,14-16,19-20H,1,3-4,11,13H2,(H,28,29,30)/b12-10+. The van der Waals surface area contributed by atoms with Gasteiger partial charge < -0.3 is 14.3 Å². The van der Waals surface area contributed by atoms with Crippen molar-refractivity contribution in [2.24, 2.45) is 0 Å². The number of anilines is 1. The minimum absolute atomic E-state index is 0.125. The highest BCUT2D eigenvalue weighted by atomic mass is 19.1. The summed E-state index contributed by atoms with van der Waals surface area (Å²) >= 11 is 0. The smallest absolute Gasteiger partial charge is 0.223 e. The number of fused-ring (bicyclic) bond motifs is 1. The second-order valence-corrected chi connectivity index (χ2v) is 8.62. The minimum Gasteiger partial charge on any atom is -0.465 e. The van der Waals surface area contributed by atoms with Crippen LogP contribution in [0.15, 0.2) is 65.4 Å². The summed E-state index contributed by atoms with van der Waals surface area (Å²) in [6.45, 7) is 0. The van der Waals surface area contributed by atoms with E-state index in [-0.39, 0.29) is 11.9 Å². The van der Waals surface area contributed by atoms with E-state index in [9.17, 15) is 4.39 Å². The molecule has 0 spiro atoms. The molecule has 4 aromatic rings. The quantitative estimate of drug-likeness (QED) is 0.403. The van der Waals surface area contributed by atoms with E-state index in [1.807, 2.05) is 24.3 Å². The van der Waals surface area contributed by atoms with E-state index < -0.39 is 0 Å². The normalized spacial score (nSPS) is 17.9. The van der Waals surface area contributed by atoms with Crippen molar-refractivity contribution in [3.63, 3.8) is 0 Å². The second kappa shape index (κ2) is 8.31. The Morgan fingerprint density at radius 1 is 1.06 bits per heavy atom. The van der Waals surface area contributed by atoms with E-state index in [1.165, 1.54) is 18.6 Å². The topological polar surface area (TPSA) is 68.8 Å². The van der Waals surface area contributed by atoms with Crippen LogP contribution in [0.2, 0.25) is 0 Å². The van der Waals surface area contributed by atoms with Crippen LogP contribution in [0.1, 0.15) is 43.3 Å². The van der Waals surface area contributed by atoms with Gasteiger partial charge in [0.05, 0.1) is 29.4 Å². The van der Waals surface area contributed by atoms with Crippen LogP contribution in [0, 0.1) is 5.82 Å². The lowest BCUT2D eigenvalue weighted by molar-refractivity contribution is 0.443. The third-order valence-electron chi connectivity index (χ3n) is 6.46. The molecular formula is C26H24FN5O. The molecular weight excluding hydrogens is 417 g/mol. The molecule has 1 aromatic carbocycles. The number of allylic oxidation sites excluding steroid dienone is 1. The molecule has 0 saturated heterocycles. The van der Waals surface area contributed by atoms with Gasteiger partial charge in [0, 0.05) is 24.2 Å². The van der Waals surface area contributed by atoms with Gasteiger partial charge in [-0.15, -0.1) is 0 Å². The lowest BCUT2D eigenvalue weighted by Gasteiger charge is -2.26. The molecule has 2 aliphatic rings. The van der Waals surface area contributed by atoms with Crippen molar-refractivity contribution in [1.29, 1.82) is 0 Å². The fraction of sp³-hybridized carbons (Fsp3) is 0.269. The number of furan rings is 1. The average Bonchev–Trinajstić information content (AvgIpc) is 3.53. The Bertz CT molecular complexity index is 1290. The van der Waals surface area contributed by atoms with Gasteiger partial charge in [0.2, 0.25) is 5.95 Å². The Hall–Kier alpha value is -3.74. The zero-order chi connectivity index (χ0) is 22.2. The maximum atomic E-state index is 13.6. The number of aryl methyl sites for hydroxylation is 1. The minimum atomic E-state index is -0.264. The molecule has 1 atom stereocenters. The average molecular weight is 442 g/mol. The van der Waals surface area contributed by atoms with E-state index in [1.54, 1.807) is 24.6 Å². The van der Waals surface area contributed by atoms with Crippen LogP contribution in [-0.4, -0.2) is 25.6 Å². The van der Waals surface area contributed by atoms with Crippen molar-refractivity contribution in [3.05, 3.63) is 78.4 Å². The van der Waals surface area contributed by atoms with Crippen molar-refractivity contribution in [3.8, 4) is 22.6 Å². The molecule has 1 aliphatic carbocycles. The molecule has 1 fully saturated rings. The van der Waals surface area contributed by atoms with Crippen LogP contribution >= 0.6 is 0 Å². The van der Waals surface area contributed by atoms with Gasteiger partial charge in [0.15, 0.2) is 0 Å². The monoisotopic (exact) mass is 441 g/mol. The maximum Gasteiger partial charge on any atom is 0.223 e. The SMILES string of the molecule is Fc1ccc(-c2nc3n(c2-c2ccnc(NC4CCC4)n2)C(/C=C/c2ccco2)CC3)cc1. The van der Waals surface area contributed by atoms with Crippen LogP contribution in [-0.2, 0) is 6.42 Å². The fourth-order valence-corrected chi connectivity index (χ4v) is 4.54. The van der Waals surface area contributed by atoms with Crippen molar-refractivity contribution in [2.45, 2.75) is 44.2 Å². The number of rotatable bonds is 6. The van der Waals surface area contributed by atoms with Gasteiger partial charge >= 0.3 is 0 Å². The molecule has 7 heteroatoms. The van der Waals surface area contributed by atoms with Gasteiger partial charge in [0.25, 0.3) is 0 Å². The van der Waals surface area contributed by atoms with E-state index in [0.717, 1.165) is 59.9 Å². The Labute approximate surface area is 191 Å². The van der Waals surface area contributed by atoms with Crippen LogP contribution in [0.25, 0.3) is 28.7 Å². The molecule has 4 heterocycles. The van der Waals surface area contributed by atoms with Crippen molar-refractivity contribution < 1.29 is 8.81 Å². The van der Waals surface area contributed by atoms with Crippen LogP contribution < -0.4 is 5.32 Å². The summed E-state index contributed by atoms with van der Waals surface area (Å²) in [7, 11) is 0. The number of nitrogens with one attached hydrogen (secondary N) is 1. The van der Waals surface area contributed by atoms with Crippen molar-refractivity contribution >= 4 is 12.0 Å². The zero-order valence-electron chi connectivity index (χ0n) is 18.1. The molecule has 33 heavy (non-hydrogen) atoms. The lowest BCUT2D eigenvalue weighted by Crippen LogP contribution is -2.28. The van der Waals surface area contributed by atoms with Gasteiger partial charge in [-0.2, -0.15) is 0 Å². The second-order valence-electron chi connectivity index (χ2n) is 8.62. The number of aromatic nitrogens is 4. The molecule has 0 radical (unpaired) electrons. The number of imidazole rings is 1. The van der Waals surface area contributed by atoms with Gasteiger partial charge in [0.1, 0.15) is 17.4 Å². The first-order chi connectivity index (χ1) is 16.2. The Balaban J connectivity index is 1.45. The van der Waals surface area contributed by atoms with Gasteiger partial charge in [-0.05, 0) is 74.2 Å². The summed E-state index contributed by atoms with van der Waals surface area (Å²) in [6.07, 6.45) is 13.0. The third-order valence-corrected chi connectivity index (χ3v) is 6.46. The summed E-state index contributed by atoms with van der Waals surface area (Å²) in [5, 5.41) is 3.44. The van der Waals surface area contributed by atoms with Gasteiger partial charge in [-0.25, -0.2) is 19.3 Å². The molecule has 6 rings (SSSR count). The van der Waals surface area contributed by atoms with Crippen molar-refractivity contribution in [1.82, 2.24) is 19.5 Å². The summed E-state index contributed by atoms with van der Waals surface area (Å²) in [5.41, 5.74) is 3.43. The molecule has 0 bridgehead atoms. The summed E-state index contributed by atoms with van der Waals surface area (Å²) in [4.78, 5) is 14.3. The van der Waals surface area contributed by atoms with Gasteiger partial charge in [-0.1, -0.05) is 6.08 Å². The van der Waals surface area contributed by atoms with Crippen LogP contribution in [0.4, 0.5) is 10.3 Å².